The molecule has 1 saturated heterocycles. The molecule has 0 aliphatic carbocycles. The molecule has 0 unspecified atom stereocenters. The summed E-state index contributed by atoms with van der Waals surface area (Å²) in [5.74, 6) is 1.18. The van der Waals surface area contributed by atoms with Gasteiger partial charge in [-0.1, -0.05) is 0 Å². The highest BCUT2D eigenvalue weighted by Gasteiger charge is 2.19. The van der Waals surface area contributed by atoms with E-state index in [1.165, 1.54) is 16.9 Å². The molecule has 1 N–H and O–H groups in total. The second kappa shape index (κ2) is 4.39. The minimum Gasteiger partial charge on any atom is -0.378 e. The van der Waals surface area contributed by atoms with Crippen LogP contribution in [0, 0.1) is 0 Å². The highest BCUT2D eigenvalue weighted by molar-refractivity contribution is 5.51. The lowest BCUT2D eigenvalue weighted by molar-refractivity contribution is 0.122. The van der Waals surface area contributed by atoms with Crippen LogP contribution in [-0.4, -0.2) is 37.8 Å². The van der Waals surface area contributed by atoms with Crippen LogP contribution in [0.2, 0.25) is 0 Å². The zero-order valence-corrected chi connectivity index (χ0v) is 9.41. The second-order valence-electron chi connectivity index (χ2n) is 4.30. The van der Waals surface area contributed by atoms with Gasteiger partial charge in [-0.05, 0) is 24.6 Å². The molecule has 0 amide bonds. The first kappa shape index (κ1) is 10.1. The minimum absolute atomic E-state index is 0.823. The Labute approximate surface area is 95.6 Å². The molecule has 4 nitrogen and oxygen atoms in total. The number of morpholine rings is 1. The van der Waals surface area contributed by atoms with Gasteiger partial charge in [0.15, 0.2) is 0 Å². The topological polar surface area (TPSA) is 37.4 Å². The Morgan fingerprint density at radius 2 is 2.19 bits per heavy atom. The quantitative estimate of drug-likeness (QED) is 0.749. The summed E-state index contributed by atoms with van der Waals surface area (Å²) in [7, 11) is 0. The summed E-state index contributed by atoms with van der Waals surface area (Å²) in [6.07, 6.45) is 3.02. The lowest BCUT2D eigenvalue weighted by atomic mass is 10.0. The number of rotatable bonds is 1. The predicted molar refractivity (Wildman–Crippen MR) is 62.7 cm³/mol. The summed E-state index contributed by atoms with van der Waals surface area (Å²) in [6.45, 7) is 5.63. The number of nitrogens with one attached hydrogen (secondary N) is 1. The molecule has 0 radical (unpaired) electrons. The van der Waals surface area contributed by atoms with Crippen molar-refractivity contribution in [3.63, 3.8) is 0 Å². The van der Waals surface area contributed by atoms with E-state index in [9.17, 15) is 0 Å². The molecule has 1 fully saturated rings. The Bertz CT molecular complexity index is 375. The van der Waals surface area contributed by atoms with Gasteiger partial charge in [-0.2, -0.15) is 0 Å². The van der Waals surface area contributed by atoms with Gasteiger partial charge in [-0.3, -0.25) is 0 Å². The van der Waals surface area contributed by atoms with E-state index in [0.29, 0.717) is 0 Å². The zero-order chi connectivity index (χ0) is 10.8. The molecule has 0 aromatic carbocycles. The molecular formula is C12H17N3O. The van der Waals surface area contributed by atoms with E-state index in [4.69, 9.17) is 4.74 Å². The van der Waals surface area contributed by atoms with Crippen LogP contribution in [0.25, 0.3) is 0 Å². The van der Waals surface area contributed by atoms with Gasteiger partial charge in [0.1, 0.15) is 5.82 Å². The molecule has 0 spiro atoms. The molecule has 86 valence electrons. The van der Waals surface area contributed by atoms with Crippen molar-refractivity contribution in [3.05, 3.63) is 23.4 Å². The first-order valence-electron chi connectivity index (χ1n) is 5.95. The van der Waals surface area contributed by atoms with Crippen LogP contribution in [0.3, 0.4) is 0 Å². The van der Waals surface area contributed by atoms with Crippen molar-refractivity contribution in [2.75, 3.05) is 37.7 Å². The molecular weight excluding hydrogens is 202 g/mol. The van der Waals surface area contributed by atoms with E-state index in [1.54, 1.807) is 0 Å². The Morgan fingerprint density at radius 1 is 1.31 bits per heavy atom. The van der Waals surface area contributed by atoms with Gasteiger partial charge in [0.2, 0.25) is 0 Å². The summed E-state index contributed by atoms with van der Waals surface area (Å²) in [6, 6.07) is 2.13. The number of fused-ring (bicyclic) bond motifs is 1. The average Bonchev–Trinajstić information content (AvgIpc) is 2.39. The SMILES string of the molecule is c1cc2c(c(N3CCOCC3)n1)CCNC2. The summed E-state index contributed by atoms with van der Waals surface area (Å²) in [5, 5.41) is 3.40. The van der Waals surface area contributed by atoms with Crippen LogP contribution in [0.4, 0.5) is 5.82 Å². The Morgan fingerprint density at radius 3 is 3.06 bits per heavy atom. The maximum absolute atomic E-state index is 5.38. The van der Waals surface area contributed by atoms with Crippen molar-refractivity contribution >= 4 is 5.82 Å². The van der Waals surface area contributed by atoms with Gasteiger partial charge in [-0.15, -0.1) is 0 Å². The maximum atomic E-state index is 5.38. The standard InChI is InChI=1S/C12H17N3O/c1-4-14-12(15-5-7-16-8-6-15)11-2-3-13-9-10(1)11/h1,4,13H,2-3,5-9H2. The van der Waals surface area contributed by atoms with Crippen molar-refractivity contribution in [2.24, 2.45) is 0 Å². The second-order valence-corrected chi connectivity index (χ2v) is 4.30. The highest BCUT2D eigenvalue weighted by atomic mass is 16.5. The lowest BCUT2D eigenvalue weighted by Gasteiger charge is -2.31. The third kappa shape index (κ3) is 1.79. The molecule has 4 heteroatoms. The Balaban J connectivity index is 1.93. The van der Waals surface area contributed by atoms with Crippen LogP contribution in [0.15, 0.2) is 12.3 Å². The van der Waals surface area contributed by atoms with Gasteiger partial charge < -0.3 is 15.0 Å². The lowest BCUT2D eigenvalue weighted by Crippen LogP contribution is -2.38. The van der Waals surface area contributed by atoms with E-state index < -0.39 is 0 Å². The first-order chi connectivity index (χ1) is 7.95. The molecule has 3 rings (SSSR count). The molecule has 0 saturated carbocycles. The van der Waals surface area contributed by atoms with Gasteiger partial charge in [0.25, 0.3) is 0 Å². The average molecular weight is 219 g/mol. The van der Waals surface area contributed by atoms with E-state index in [1.807, 2.05) is 6.20 Å². The number of ether oxygens (including phenoxy) is 1. The number of aromatic nitrogens is 1. The molecule has 0 atom stereocenters. The smallest absolute Gasteiger partial charge is 0.132 e. The van der Waals surface area contributed by atoms with Crippen molar-refractivity contribution < 1.29 is 4.74 Å². The number of anilines is 1. The van der Waals surface area contributed by atoms with Crippen molar-refractivity contribution in [3.8, 4) is 0 Å². The summed E-state index contributed by atoms with van der Waals surface area (Å²) in [4.78, 5) is 6.91. The Kier molecular flexibility index (Phi) is 2.76. The highest BCUT2D eigenvalue weighted by Crippen LogP contribution is 2.24. The normalized spacial score (nSPS) is 20.6. The fraction of sp³-hybridized carbons (Fsp3) is 0.583. The molecule has 1 aromatic rings. The number of pyridine rings is 1. The first-order valence-corrected chi connectivity index (χ1v) is 5.95. The molecule has 0 bridgehead atoms. The van der Waals surface area contributed by atoms with Gasteiger partial charge >= 0.3 is 0 Å². The van der Waals surface area contributed by atoms with E-state index in [0.717, 1.165) is 45.8 Å². The molecule has 16 heavy (non-hydrogen) atoms. The van der Waals surface area contributed by atoms with E-state index in [-0.39, 0.29) is 0 Å². The van der Waals surface area contributed by atoms with Crippen LogP contribution in [0.5, 0.6) is 0 Å². The van der Waals surface area contributed by atoms with Gasteiger partial charge in [-0.25, -0.2) is 4.98 Å². The monoisotopic (exact) mass is 219 g/mol. The van der Waals surface area contributed by atoms with Crippen LogP contribution in [-0.2, 0) is 17.7 Å². The van der Waals surface area contributed by atoms with Gasteiger partial charge in [0, 0.05) is 31.4 Å². The number of nitrogens with zero attached hydrogens (tertiary/aromatic N) is 2. The van der Waals surface area contributed by atoms with Crippen molar-refractivity contribution in [2.45, 2.75) is 13.0 Å². The van der Waals surface area contributed by atoms with Gasteiger partial charge in [0.05, 0.1) is 13.2 Å². The minimum atomic E-state index is 0.823. The summed E-state index contributed by atoms with van der Waals surface area (Å²) >= 11 is 0. The third-order valence-corrected chi connectivity index (χ3v) is 3.31. The Hall–Kier alpha value is -1.13. The van der Waals surface area contributed by atoms with E-state index >= 15 is 0 Å². The molecule has 2 aliphatic heterocycles. The van der Waals surface area contributed by atoms with Crippen molar-refractivity contribution in [1.82, 2.24) is 10.3 Å². The molecule has 2 aliphatic rings. The van der Waals surface area contributed by atoms with E-state index in [2.05, 4.69) is 21.3 Å². The summed E-state index contributed by atoms with van der Waals surface area (Å²) in [5.41, 5.74) is 2.84. The van der Waals surface area contributed by atoms with Crippen LogP contribution < -0.4 is 10.2 Å². The maximum Gasteiger partial charge on any atom is 0.132 e. The fourth-order valence-electron chi connectivity index (χ4n) is 2.44. The predicted octanol–water partition coefficient (Wildman–Crippen LogP) is 0.564. The zero-order valence-electron chi connectivity index (χ0n) is 9.41. The fourth-order valence-corrected chi connectivity index (χ4v) is 2.44. The van der Waals surface area contributed by atoms with Crippen molar-refractivity contribution in [1.29, 1.82) is 0 Å². The van der Waals surface area contributed by atoms with Crippen LogP contribution >= 0.6 is 0 Å². The molecule has 1 aromatic heterocycles. The number of hydrogen-bond acceptors (Lipinski definition) is 4. The summed E-state index contributed by atoms with van der Waals surface area (Å²) < 4.78 is 5.38. The number of hydrogen-bond donors (Lipinski definition) is 1. The van der Waals surface area contributed by atoms with Crippen LogP contribution in [0.1, 0.15) is 11.1 Å². The largest absolute Gasteiger partial charge is 0.378 e. The molecule has 3 heterocycles. The third-order valence-electron chi connectivity index (χ3n) is 3.31.